The number of nitrogens with two attached hydrogens (primary N) is 2. The topological polar surface area (TPSA) is 78.3 Å². The van der Waals surface area contributed by atoms with Crippen molar-refractivity contribution in [3.8, 4) is 5.75 Å². The predicted molar refractivity (Wildman–Crippen MR) is 67.7 cm³/mol. The Hall–Kier alpha value is -1.55. The molecule has 0 saturated heterocycles. The van der Waals surface area contributed by atoms with Crippen LogP contribution in [0.4, 0.5) is 0 Å². The predicted octanol–water partition coefficient (Wildman–Crippen LogP) is 1.22. The fraction of sp³-hybridized carbons (Fsp3) is 0.462. The molecular weight excluding hydrogens is 216 g/mol. The van der Waals surface area contributed by atoms with Crippen molar-refractivity contribution in [3.63, 3.8) is 0 Å². The van der Waals surface area contributed by atoms with Crippen molar-refractivity contribution in [2.75, 3.05) is 13.2 Å². The molecule has 94 valence electrons. The van der Waals surface area contributed by atoms with Crippen LogP contribution in [0.2, 0.25) is 0 Å². The largest absolute Gasteiger partial charge is 0.494 e. The molecule has 1 aromatic rings. The molecule has 0 aliphatic heterocycles. The molecule has 17 heavy (non-hydrogen) atoms. The first-order chi connectivity index (χ1) is 8.22. The quantitative estimate of drug-likeness (QED) is 0.666. The maximum absolute atomic E-state index is 10.7. The molecule has 4 N–H and O–H groups in total. The molecule has 1 aromatic carbocycles. The van der Waals surface area contributed by atoms with Gasteiger partial charge in [-0.2, -0.15) is 0 Å². The lowest BCUT2D eigenvalue weighted by Gasteiger charge is -2.06. The van der Waals surface area contributed by atoms with Gasteiger partial charge in [-0.3, -0.25) is 4.79 Å². The van der Waals surface area contributed by atoms with Crippen LogP contribution in [0.1, 0.15) is 24.8 Å². The molecule has 1 amide bonds. The van der Waals surface area contributed by atoms with Crippen LogP contribution in [-0.4, -0.2) is 19.1 Å². The third kappa shape index (κ3) is 5.92. The molecule has 0 aliphatic rings. The summed E-state index contributed by atoms with van der Waals surface area (Å²) in [5, 5.41) is 0. The van der Waals surface area contributed by atoms with Crippen LogP contribution in [0, 0.1) is 0 Å². The second-order valence-corrected chi connectivity index (χ2v) is 3.98. The monoisotopic (exact) mass is 236 g/mol. The van der Waals surface area contributed by atoms with E-state index < -0.39 is 0 Å². The number of carbonyl (C=O) groups excluding carboxylic acids is 1. The lowest BCUT2D eigenvalue weighted by Crippen LogP contribution is -2.13. The van der Waals surface area contributed by atoms with Crippen LogP contribution in [-0.2, 0) is 11.2 Å². The van der Waals surface area contributed by atoms with Crippen molar-refractivity contribution in [1.82, 2.24) is 0 Å². The Morgan fingerprint density at radius 3 is 2.41 bits per heavy atom. The minimum atomic E-state index is -0.319. The molecule has 0 spiro atoms. The van der Waals surface area contributed by atoms with E-state index in [1.165, 1.54) is 0 Å². The first-order valence-corrected chi connectivity index (χ1v) is 5.92. The summed E-state index contributed by atoms with van der Waals surface area (Å²) < 4.78 is 5.56. The van der Waals surface area contributed by atoms with E-state index in [9.17, 15) is 4.79 Å². The van der Waals surface area contributed by atoms with Gasteiger partial charge in [-0.1, -0.05) is 12.1 Å². The molecule has 0 heterocycles. The van der Waals surface area contributed by atoms with E-state index in [4.69, 9.17) is 16.2 Å². The average Bonchev–Trinajstić information content (AvgIpc) is 2.30. The number of unbranched alkanes of at least 4 members (excludes halogenated alkanes) is 2. The zero-order chi connectivity index (χ0) is 12.5. The molecule has 0 radical (unpaired) electrons. The minimum Gasteiger partial charge on any atom is -0.494 e. The maximum Gasteiger partial charge on any atom is 0.221 e. The highest BCUT2D eigenvalue weighted by atomic mass is 16.5. The summed E-state index contributed by atoms with van der Waals surface area (Å²) in [4.78, 5) is 10.7. The molecule has 1 rings (SSSR count). The highest BCUT2D eigenvalue weighted by molar-refractivity contribution is 5.76. The van der Waals surface area contributed by atoms with Gasteiger partial charge in [-0.15, -0.1) is 0 Å². The first kappa shape index (κ1) is 13.5. The van der Waals surface area contributed by atoms with Gasteiger partial charge in [0.15, 0.2) is 0 Å². The fourth-order valence-corrected chi connectivity index (χ4v) is 1.52. The number of hydrogen-bond donors (Lipinski definition) is 2. The van der Waals surface area contributed by atoms with Gasteiger partial charge in [-0.05, 0) is 43.5 Å². The van der Waals surface area contributed by atoms with E-state index in [1.807, 2.05) is 24.3 Å². The van der Waals surface area contributed by atoms with E-state index in [-0.39, 0.29) is 12.3 Å². The minimum absolute atomic E-state index is 0.275. The number of benzene rings is 1. The summed E-state index contributed by atoms with van der Waals surface area (Å²) in [7, 11) is 0. The summed E-state index contributed by atoms with van der Waals surface area (Å²) in [6.07, 6.45) is 3.42. The Balaban J connectivity index is 2.28. The molecular formula is C13H20N2O2. The van der Waals surface area contributed by atoms with Crippen LogP contribution in [0.5, 0.6) is 5.75 Å². The molecule has 0 saturated carbocycles. The molecule has 0 atom stereocenters. The van der Waals surface area contributed by atoms with Crippen LogP contribution in [0.3, 0.4) is 0 Å². The normalized spacial score (nSPS) is 10.2. The Labute approximate surface area is 102 Å². The summed E-state index contributed by atoms with van der Waals surface area (Å²) in [6.45, 7) is 1.44. The summed E-state index contributed by atoms with van der Waals surface area (Å²) >= 11 is 0. The van der Waals surface area contributed by atoms with E-state index in [0.29, 0.717) is 6.61 Å². The van der Waals surface area contributed by atoms with Crippen LogP contribution in [0.25, 0.3) is 0 Å². The zero-order valence-corrected chi connectivity index (χ0v) is 10.0. The lowest BCUT2D eigenvalue weighted by molar-refractivity contribution is -0.117. The first-order valence-electron chi connectivity index (χ1n) is 5.92. The number of rotatable bonds is 8. The molecule has 0 fully saturated rings. The Morgan fingerprint density at radius 2 is 1.82 bits per heavy atom. The fourth-order valence-electron chi connectivity index (χ4n) is 1.52. The standard InChI is InChI=1S/C13H20N2O2/c14-8-2-1-3-9-17-12-6-4-11(5-7-12)10-13(15)16/h4-7H,1-3,8-10,14H2,(H2,15,16). The smallest absolute Gasteiger partial charge is 0.221 e. The number of amides is 1. The maximum atomic E-state index is 10.7. The molecule has 0 bridgehead atoms. The number of hydrogen-bond acceptors (Lipinski definition) is 3. The van der Waals surface area contributed by atoms with Gasteiger partial charge in [-0.25, -0.2) is 0 Å². The van der Waals surface area contributed by atoms with E-state index in [2.05, 4.69) is 0 Å². The third-order valence-electron chi connectivity index (χ3n) is 2.42. The Bertz CT molecular complexity index is 336. The van der Waals surface area contributed by atoms with Crippen LogP contribution >= 0.6 is 0 Å². The van der Waals surface area contributed by atoms with Crippen molar-refractivity contribution >= 4 is 5.91 Å². The molecule has 0 aliphatic carbocycles. The molecule has 0 unspecified atom stereocenters. The highest BCUT2D eigenvalue weighted by Gasteiger charge is 1.99. The van der Waals surface area contributed by atoms with Crippen molar-refractivity contribution in [2.24, 2.45) is 11.5 Å². The third-order valence-corrected chi connectivity index (χ3v) is 2.42. The van der Waals surface area contributed by atoms with Gasteiger partial charge in [0.25, 0.3) is 0 Å². The Kier molecular flexibility index (Phi) is 6.10. The molecule has 0 aromatic heterocycles. The summed E-state index contributed by atoms with van der Waals surface area (Å²) in [5.41, 5.74) is 11.4. The summed E-state index contributed by atoms with van der Waals surface area (Å²) in [6, 6.07) is 7.45. The Morgan fingerprint density at radius 1 is 1.12 bits per heavy atom. The lowest BCUT2D eigenvalue weighted by atomic mass is 10.1. The SMILES string of the molecule is NCCCCCOc1ccc(CC(N)=O)cc1. The van der Waals surface area contributed by atoms with E-state index >= 15 is 0 Å². The van der Waals surface area contributed by atoms with Crippen molar-refractivity contribution in [3.05, 3.63) is 29.8 Å². The molecule has 4 heteroatoms. The highest BCUT2D eigenvalue weighted by Crippen LogP contribution is 2.13. The van der Waals surface area contributed by atoms with Gasteiger partial charge in [0.2, 0.25) is 5.91 Å². The van der Waals surface area contributed by atoms with Crippen molar-refractivity contribution in [1.29, 1.82) is 0 Å². The summed E-state index contributed by atoms with van der Waals surface area (Å²) in [5.74, 6) is 0.506. The van der Waals surface area contributed by atoms with E-state index in [1.54, 1.807) is 0 Å². The van der Waals surface area contributed by atoms with Crippen LogP contribution in [0.15, 0.2) is 24.3 Å². The molecule has 4 nitrogen and oxygen atoms in total. The second-order valence-electron chi connectivity index (χ2n) is 3.98. The van der Waals surface area contributed by atoms with Crippen molar-refractivity contribution < 1.29 is 9.53 Å². The second kappa shape index (κ2) is 7.68. The van der Waals surface area contributed by atoms with Crippen LogP contribution < -0.4 is 16.2 Å². The van der Waals surface area contributed by atoms with Gasteiger partial charge in [0.1, 0.15) is 5.75 Å². The van der Waals surface area contributed by atoms with Gasteiger partial charge in [0.05, 0.1) is 13.0 Å². The van der Waals surface area contributed by atoms with Gasteiger partial charge >= 0.3 is 0 Å². The van der Waals surface area contributed by atoms with Gasteiger partial charge in [0, 0.05) is 0 Å². The number of carbonyl (C=O) groups is 1. The average molecular weight is 236 g/mol. The van der Waals surface area contributed by atoms with Crippen molar-refractivity contribution in [2.45, 2.75) is 25.7 Å². The van der Waals surface area contributed by atoms with Gasteiger partial charge < -0.3 is 16.2 Å². The number of ether oxygens (including phenoxy) is 1. The van der Waals surface area contributed by atoms with E-state index in [0.717, 1.165) is 37.1 Å². The number of primary amides is 1. The zero-order valence-electron chi connectivity index (χ0n) is 10.0.